The first-order valence-corrected chi connectivity index (χ1v) is 11.0. The molecule has 0 aromatic carbocycles. The summed E-state index contributed by atoms with van der Waals surface area (Å²) in [5.41, 5.74) is 0.105. The van der Waals surface area contributed by atoms with Gasteiger partial charge in [-0.3, -0.25) is 4.90 Å². The molecule has 27 heavy (non-hydrogen) atoms. The van der Waals surface area contributed by atoms with Crippen LogP contribution in [0.1, 0.15) is 43.0 Å². The van der Waals surface area contributed by atoms with Crippen LogP contribution in [0.4, 0.5) is 4.79 Å². The highest BCUT2D eigenvalue weighted by atomic mass is 32.1. The molecular formula is C20H34N4O2S. The van der Waals surface area contributed by atoms with E-state index < -0.39 is 0 Å². The molecule has 0 spiro atoms. The summed E-state index contributed by atoms with van der Waals surface area (Å²) >= 11 is 1.73. The van der Waals surface area contributed by atoms with Crippen molar-refractivity contribution in [1.82, 2.24) is 20.4 Å². The lowest BCUT2D eigenvalue weighted by Crippen LogP contribution is -2.60. The van der Waals surface area contributed by atoms with E-state index in [0.29, 0.717) is 6.54 Å². The largest absolute Gasteiger partial charge is 0.379 e. The van der Waals surface area contributed by atoms with Crippen LogP contribution in [-0.2, 0) is 4.74 Å². The summed E-state index contributed by atoms with van der Waals surface area (Å²) in [5.74, 6) is 0. The number of urea groups is 1. The quantitative estimate of drug-likeness (QED) is 0.747. The Hall–Kier alpha value is -1.15. The van der Waals surface area contributed by atoms with E-state index in [-0.39, 0.29) is 17.6 Å². The fourth-order valence-electron chi connectivity index (χ4n) is 4.37. The Balaban J connectivity index is 1.53. The Bertz CT molecular complexity index is 567. The number of ether oxygens (including phenoxy) is 1. The molecule has 3 rings (SSSR count). The maximum Gasteiger partial charge on any atom is 0.314 e. The summed E-state index contributed by atoms with van der Waals surface area (Å²) in [6.07, 6.45) is 6.15. The van der Waals surface area contributed by atoms with Gasteiger partial charge >= 0.3 is 6.03 Å². The molecule has 152 valence electrons. The predicted octanol–water partition coefficient (Wildman–Crippen LogP) is 2.69. The van der Waals surface area contributed by atoms with Crippen molar-refractivity contribution < 1.29 is 9.53 Å². The number of amides is 2. The van der Waals surface area contributed by atoms with Crippen molar-refractivity contribution in [3.63, 3.8) is 0 Å². The van der Waals surface area contributed by atoms with Crippen LogP contribution in [0.15, 0.2) is 17.5 Å². The Morgan fingerprint density at radius 3 is 2.63 bits per heavy atom. The third kappa shape index (κ3) is 5.44. The first-order chi connectivity index (χ1) is 13.1. The summed E-state index contributed by atoms with van der Waals surface area (Å²) in [5, 5.41) is 8.35. The Labute approximate surface area is 167 Å². The topological polar surface area (TPSA) is 56.8 Å². The van der Waals surface area contributed by atoms with Crippen LogP contribution in [0, 0.1) is 0 Å². The van der Waals surface area contributed by atoms with E-state index in [4.69, 9.17) is 4.74 Å². The molecule has 1 saturated heterocycles. The van der Waals surface area contributed by atoms with Gasteiger partial charge in [-0.25, -0.2) is 4.79 Å². The Morgan fingerprint density at radius 2 is 2.00 bits per heavy atom. The third-order valence-electron chi connectivity index (χ3n) is 6.00. The summed E-state index contributed by atoms with van der Waals surface area (Å²) < 4.78 is 5.54. The molecule has 0 bridgehead atoms. The summed E-state index contributed by atoms with van der Waals surface area (Å²) in [4.78, 5) is 18.5. The number of morpholine rings is 1. The van der Waals surface area contributed by atoms with E-state index in [1.54, 1.807) is 11.3 Å². The molecule has 1 aromatic rings. The number of thiophene rings is 1. The van der Waals surface area contributed by atoms with Gasteiger partial charge in [0.15, 0.2) is 0 Å². The lowest BCUT2D eigenvalue weighted by Gasteiger charge is -2.48. The van der Waals surface area contributed by atoms with Crippen molar-refractivity contribution in [2.24, 2.45) is 0 Å². The number of carbonyl (C=O) groups excluding carboxylic acids is 1. The van der Waals surface area contributed by atoms with Crippen LogP contribution in [0.3, 0.4) is 0 Å². The Kier molecular flexibility index (Phi) is 7.52. The number of hydrogen-bond donors (Lipinski definition) is 2. The molecule has 1 aliphatic heterocycles. The molecule has 2 heterocycles. The second-order valence-electron chi connectivity index (χ2n) is 7.94. The second kappa shape index (κ2) is 9.87. The fraction of sp³-hybridized carbons (Fsp3) is 0.750. The highest BCUT2D eigenvalue weighted by Gasteiger charge is 2.38. The third-order valence-corrected chi connectivity index (χ3v) is 6.97. The molecule has 1 unspecified atom stereocenters. The second-order valence-corrected chi connectivity index (χ2v) is 8.92. The minimum absolute atomic E-state index is 0.0587. The van der Waals surface area contributed by atoms with Crippen LogP contribution in [-0.4, -0.2) is 74.9 Å². The van der Waals surface area contributed by atoms with Crippen molar-refractivity contribution >= 4 is 17.4 Å². The van der Waals surface area contributed by atoms with Gasteiger partial charge in [0.25, 0.3) is 0 Å². The minimum Gasteiger partial charge on any atom is -0.379 e. The molecule has 0 radical (unpaired) electrons. The summed E-state index contributed by atoms with van der Waals surface area (Å²) in [6, 6.07) is 4.34. The van der Waals surface area contributed by atoms with Gasteiger partial charge < -0.3 is 20.3 Å². The van der Waals surface area contributed by atoms with Crippen LogP contribution >= 0.6 is 11.3 Å². The van der Waals surface area contributed by atoms with Crippen molar-refractivity contribution in [3.05, 3.63) is 22.4 Å². The van der Waals surface area contributed by atoms with Gasteiger partial charge in [-0.1, -0.05) is 25.3 Å². The average molecular weight is 395 g/mol. The van der Waals surface area contributed by atoms with Crippen molar-refractivity contribution in [1.29, 1.82) is 0 Å². The van der Waals surface area contributed by atoms with Crippen molar-refractivity contribution in [2.45, 2.75) is 43.7 Å². The van der Waals surface area contributed by atoms with E-state index >= 15 is 0 Å². The number of nitrogens with one attached hydrogen (secondary N) is 2. The van der Waals surface area contributed by atoms with E-state index in [1.165, 1.54) is 37.0 Å². The van der Waals surface area contributed by atoms with E-state index in [0.717, 1.165) is 32.8 Å². The number of carbonyl (C=O) groups is 1. The zero-order valence-electron chi connectivity index (χ0n) is 16.7. The van der Waals surface area contributed by atoms with Crippen LogP contribution < -0.4 is 10.6 Å². The molecule has 7 heteroatoms. The van der Waals surface area contributed by atoms with Crippen LogP contribution in [0.2, 0.25) is 0 Å². The molecule has 2 aliphatic rings. The van der Waals surface area contributed by atoms with Crippen LogP contribution in [0.5, 0.6) is 0 Å². The molecule has 1 saturated carbocycles. The van der Waals surface area contributed by atoms with Crippen molar-refractivity contribution in [2.75, 3.05) is 53.5 Å². The molecule has 1 aliphatic carbocycles. The zero-order chi connectivity index (χ0) is 19.1. The molecule has 6 nitrogen and oxygen atoms in total. The van der Waals surface area contributed by atoms with E-state index in [1.807, 2.05) is 0 Å². The fourth-order valence-corrected chi connectivity index (χ4v) is 5.29. The number of hydrogen-bond acceptors (Lipinski definition) is 5. The highest BCUT2D eigenvalue weighted by molar-refractivity contribution is 7.10. The Morgan fingerprint density at radius 1 is 1.26 bits per heavy atom. The lowest BCUT2D eigenvalue weighted by molar-refractivity contribution is -0.0357. The molecule has 2 fully saturated rings. The average Bonchev–Trinajstić information content (AvgIpc) is 3.22. The molecule has 2 N–H and O–H groups in total. The van der Waals surface area contributed by atoms with Gasteiger partial charge in [0, 0.05) is 36.6 Å². The minimum atomic E-state index is -0.0587. The summed E-state index contributed by atoms with van der Waals surface area (Å²) in [6.45, 7) is 4.90. The van der Waals surface area contributed by atoms with Gasteiger partial charge in [-0.15, -0.1) is 11.3 Å². The highest BCUT2D eigenvalue weighted by Crippen LogP contribution is 2.33. The van der Waals surface area contributed by atoms with E-state index in [2.05, 4.69) is 52.0 Å². The normalized spacial score (nSPS) is 21.7. The van der Waals surface area contributed by atoms with Gasteiger partial charge in [0.2, 0.25) is 0 Å². The van der Waals surface area contributed by atoms with Crippen LogP contribution in [0.25, 0.3) is 0 Å². The first kappa shape index (κ1) is 20.6. The van der Waals surface area contributed by atoms with Crippen molar-refractivity contribution in [3.8, 4) is 0 Å². The van der Waals surface area contributed by atoms with E-state index in [9.17, 15) is 4.79 Å². The summed E-state index contributed by atoms with van der Waals surface area (Å²) in [7, 11) is 4.11. The number of likely N-dealkylation sites (N-methyl/N-ethyl adjacent to an activating group) is 1. The molecular weight excluding hydrogens is 360 g/mol. The monoisotopic (exact) mass is 394 g/mol. The van der Waals surface area contributed by atoms with Gasteiger partial charge in [0.1, 0.15) is 0 Å². The molecule has 1 aromatic heterocycles. The van der Waals surface area contributed by atoms with Gasteiger partial charge in [-0.05, 0) is 38.4 Å². The smallest absolute Gasteiger partial charge is 0.314 e. The maximum absolute atomic E-state index is 12.5. The first-order valence-electron chi connectivity index (χ1n) is 10.2. The zero-order valence-corrected chi connectivity index (χ0v) is 17.5. The SMILES string of the molecule is CN(C)C(CNC(=O)NCC1(N2CCOCC2)CCCCC1)c1cccs1. The predicted molar refractivity (Wildman–Crippen MR) is 110 cm³/mol. The molecule has 2 amide bonds. The van der Waals surface area contributed by atoms with Gasteiger partial charge in [-0.2, -0.15) is 0 Å². The van der Waals surface area contributed by atoms with Gasteiger partial charge in [0.05, 0.1) is 19.3 Å². The maximum atomic E-state index is 12.5. The standard InChI is InChI=1S/C20H34N4O2S/c1-23(2)17(18-7-6-14-27-18)15-21-19(25)22-16-20(8-4-3-5-9-20)24-10-12-26-13-11-24/h6-7,14,17H,3-5,8-13,15-16H2,1-2H3,(H2,21,22,25). The lowest BCUT2D eigenvalue weighted by atomic mass is 9.80. The molecule has 1 atom stereocenters. The number of rotatable bonds is 7. The number of nitrogens with zero attached hydrogens (tertiary/aromatic N) is 2.